The normalized spacial score (nSPS) is 29.2. The van der Waals surface area contributed by atoms with Gasteiger partial charge in [0, 0.05) is 19.7 Å². The first-order valence-corrected chi connectivity index (χ1v) is 8.18. The predicted molar refractivity (Wildman–Crippen MR) is 86.4 cm³/mol. The van der Waals surface area contributed by atoms with E-state index in [1.54, 1.807) is 24.1 Å². The van der Waals surface area contributed by atoms with Gasteiger partial charge in [-0.05, 0) is 31.7 Å². The molecule has 1 aromatic heterocycles. The molecule has 7 nitrogen and oxygen atoms in total. The van der Waals surface area contributed by atoms with E-state index in [1.807, 2.05) is 0 Å². The molecule has 1 N–H and O–H groups in total. The molecule has 3 rings (SSSR count). The lowest BCUT2D eigenvalue weighted by atomic mass is 9.79. The Kier molecular flexibility index (Phi) is 4.64. The van der Waals surface area contributed by atoms with Gasteiger partial charge in [-0.2, -0.15) is 4.98 Å². The second-order valence-corrected chi connectivity index (χ2v) is 6.37. The summed E-state index contributed by atoms with van der Waals surface area (Å²) in [4.78, 5) is 19.0. The van der Waals surface area contributed by atoms with Crippen LogP contribution in [-0.2, 0) is 4.74 Å². The number of amides is 1. The fourth-order valence-corrected chi connectivity index (χ4v) is 3.93. The SMILES string of the molecule is COc1ccc(C(=O)N2CC[C@]3(OC)CC[C@@H](O)C[C@H]23)c(OC)n1. The zero-order valence-electron chi connectivity index (χ0n) is 14.3. The van der Waals surface area contributed by atoms with Crippen LogP contribution in [0.2, 0.25) is 0 Å². The number of methoxy groups -OCH3 is 3. The van der Waals surface area contributed by atoms with Gasteiger partial charge in [0.2, 0.25) is 11.8 Å². The molecule has 0 radical (unpaired) electrons. The third kappa shape index (κ3) is 2.71. The molecule has 7 heteroatoms. The fourth-order valence-electron chi connectivity index (χ4n) is 3.93. The minimum atomic E-state index is -0.400. The number of rotatable bonds is 4. The molecule has 1 aromatic rings. The van der Waals surface area contributed by atoms with Gasteiger partial charge in [-0.1, -0.05) is 0 Å². The number of hydrogen-bond acceptors (Lipinski definition) is 6. The van der Waals surface area contributed by atoms with Crippen molar-refractivity contribution < 1.29 is 24.1 Å². The van der Waals surface area contributed by atoms with Crippen LogP contribution in [0.25, 0.3) is 0 Å². The molecule has 24 heavy (non-hydrogen) atoms. The lowest BCUT2D eigenvalue weighted by Gasteiger charge is -2.42. The molecule has 0 aromatic carbocycles. The molecule has 2 heterocycles. The molecule has 132 valence electrons. The summed E-state index contributed by atoms with van der Waals surface area (Å²) in [5.74, 6) is 0.481. The summed E-state index contributed by atoms with van der Waals surface area (Å²) in [7, 11) is 4.68. The Bertz CT molecular complexity index is 623. The maximum absolute atomic E-state index is 13.1. The van der Waals surface area contributed by atoms with Crippen molar-refractivity contribution in [3.63, 3.8) is 0 Å². The van der Waals surface area contributed by atoms with Gasteiger partial charge in [0.25, 0.3) is 5.91 Å². The van der Waals surface area contributed by atoms with Gasteiger partial charge in [-0.15, -0.1) is 0 Å². The van der Waals surface area contributed by atoms with Gasteiger partial charge in [-0.3, -0.25) is 4.79 Å². The van der Waals surface area contributed by atoms with Gasteiger partial charge in [-0.25, -0.2) is 0 Å². The number of aliphatic hydroxyl groups is 1. The summed E-state index contributed by atoms with van der Waals surface area (Å²) in [6, 6.07) is 3.18. The number of aromatic nitrogens is 1. The smallest absolute Gasteiger partial charge is 0.259 e. The van der Waals surface area contributed by atoms with Gasteiger partial charge >= 0.3 is 0 Å². The van der Waals surface area contributed by atoms with Crippen molar-refractivity contribution in [1.29, 1.82) is 0 Å². The number of fused-ring (bicyclic) bond motifs is 1. The van der Waals surface area contributed by atoms with Gasteiger partial charge in [0.05, 0.1) is 32.0 Å². The number of carbonyl (C=O) groups is 1. The molecule has 2 fully saturated rings. The van der Waals surface area contributed by atoms with Crippen LogP contribution in [-0.4, -0.2) is 66.5 Å². The quantitative estimate of drug-likeness (QED) is 0.891. The molecule has 1 aliphatic heterocycles. The molecule has 0 unspecified atom stereocenters. The number of aliphatic hydroxyl groups excluding tert-OH is 1. The minimum Gasteiger partial charge on any atom is -0.481 e. The first kappa shape index (κ1) is 17.0. The Balaban J connectivity index is 1.90. The fraction of sp³-hybridized carbons (Fsp3) is 0.647. The molecule has 3 atom stereocenters. The topological polar surface area (TPSA) is 81.1 Å². The maximum atomic E-state index is 13.1. The van der Waals surface area contributed by atoms with Crippen molar-refractivity contribution >= 4 is 5.91 Å². The summed E-state index contributed by atoms with van der Waals surface area (Å²) in [5.41, 5.74) is 0.0347. The van der Waals surface area contributed by atoms with E-state index < -0.39 is 6.10 Å². The number of ether oxygens (including phenoxy) is 3. The number of pyridine rings is 1. The molecule has 1 saturated heterocycles. The van der Waals surface area contributed by atoms with Crippen molar-refractivity contribution in [3.8, 4) is 11.8 Å². The Labute approximate surface area is 141 Å². The van der Waals surface area contributed by atoms with Crippen molar-refractivity contribution in [2.24, 2.45) is 0 Å². The number of likely N-dealkylation sites (tertiary alicyclic amines) is 1. The third-order valence-corrected chi connectivity index (χ3v) is 5.29. The average molecular weight is 336 g/mol. The highest BCUT2D eigenvalue weighted by molar-refractivity contribution is 5.97. The second kappa shape index (κ2) is 6.57. The van der Waals surface area contributed by atoms with Gasteiger partial charge < -0.3 is 24.2 Å². The monoisotopic (exact) mass is 336 g/mol. The Morgan fingerprint density at radius 2 is 2.08 bits per heavy atom. The summed E-state index contributed by atoms with van der Waals surface area (Å²) >= 11 is 0. The molecular formula is C17H24N2O5. The zero-order valence-corrected chi connectivity index (χ0v) is 14.3. The molecule has 1 amide bonds. The minimum absolute atomic E-state index is 0.134. The Morgan fingerprint density at radius 3 is 2.75 bits per heavy atom. The van der Waals surface area contributed by atoms with Gasteiger partial charge in [0.1, 0.15) is 5.56 Å². The Morgan fingerprint density at radius 1 is 1.29 bits per heavy atom. The van der Waals surface area contributed by atoms with Crippen LogP contribution in [0.15, 0.2) is 12.1 Å². The maximum Gasteiger partial charge on any atom is 0.259 e. The molecule has 0 spiro atoms. The lowest BCUT2D eigenvalue weighted by Crippen LogP contribution is -2.52. The van der Waals surface area contributed by atoms with E-state index in [-0.39, 0.29) is 23.4 Å². The highest BCUT2D eigenvalue weighted by Crippen LogP contribution is 2.43. The summed E-state index contributed by atoms with van der Waals surface area (Å²) in [5, 5.41) is 10.1. The van der Waals surface area contributed by atoms with Crippen LogP contribution in [0.5, 0.6) is 11.8 Å². The van der Waals surface area contributed by atoms with Crippen molar-refractivity contribution in [2.45, 2.75) is 43.4 Å². The van der Waals surface area contributed by atoms with Crippen molar-refractivity contribution in [3.05, 3.63) is 17.7 Å². The number of hydrogen-bond donors (Lipinski definition) is 1. The summed E-state index contributed by atoms with van der Waals surface area (Å²) in [6.45, 7) is 0.596. The molecule has 2 aliphatic rings. The summed E-state index contributed by atoms with van der Waals surface area (Å²) in [6.07, 6.45) is 2.38. The first-order chi connectivity index (χ1) is 11.5. The largest absolute Gasteiger partial charge is 0.481 e. The van der Waals surface area contributed by atoms with E-state index >= 15 is 0 Å². The van der Waals surface area contributed by atoms with Crippen molar-refractivity contribution in [1.82, 2.24) is 9.88 Å². The Hall–Kier alpha value is -1.86. The molecule has 1 aliphatic carbocycles. The third-order valence-electron chi connectivity index (χ3n) is 5.29. The zero-order chi connectivity index (χ0) is 17.3. The van der Waals surface area contributed by atoms with E-state index in [1.165, 1.54) is 14.2 Å². The highest BCUT2D eigenvalue weighted by Gasteiger charge is 2.52. The van der Waals surface area contributed by atoms with Crippen LogP contribution < -0.4 is 9.47 Å². The first-order valence-electron chi connectivity index (χ1n) is 8.18. The number of nitrogens with zero attached hydrogens (tertiary/aromatic N) is 2. The van der Waals surface area contributed by atoms with Crippen molar-refractivity contribution in [2.75, 3.05) is 27.9 Å². The molecular weight excluding hydrogens is 312 g/mol. The predicted octanol–water partition coefficient (Wildman–Crippen LogP) is 1.24. The van der Waals surface area contributed by atoms with E-state index in [4.69, 9.17) is 14.2 Å². The average Bonchev–Trinajstić information content (AvgIpc) is 2.99. The summed E-state index contributed by atoms with van der Waals surface area (Å²) < 4.78 is 16.1. The standard InChI is InChI=1S/C17H24N2O5/c1-22-14-5-4-12(15(18-14)23-2)16(21)19-9-8-17(24-3)7-6-11(20)10-13(17)19/h4-5,11,13,20H,6-10H2,1-3H3/t11-,13+,17-/m1/s1. The number of carbonyl (C=O) groups excluding carboxylic acids is 1. The highest BCUT2D eigenvalue weighted by atomic mass is 16.5. The van der Waals surface area contributed by atoms with Gasteiger partial charge in [0.15, 0.2) is 0 Å². The van der Waals surface area contributed by atoms with E-state index in [9.17, 15) is 9.90 Å². The second-order valence-electron chi connectivity index (χ2n) is 6.37. The van der Waals surface area contributed by atoms with E-state index in [2.05, 4.69) is 4.98 Å². The van der Waals surface area contributed by atoms with Crippen LogP contribution >= 0.6 is 0 Å². The van der Waals surface area contributed by atoms with Crippen LogP contribution in [0, 0.1) is 0 Å². The molecule has 0 bridgehead atoms. The van der Waals surface area contributed by atoms with E-state index in [0.29, 0.717) is 30.8 Å². The molecule has 1 saturated carbocycles. The lowest BCUT2D eigenvalue weighted by molar-refractivity contribution is -0.0824. The van der Waals surface area contributed by atoms with Crippen LogP contribution in [0.3, 0.4) is 0 Å². The van der Waals surface area contributed by atoms with Crippen LogP contribution in [0.1, 0.15) is 36.0 Å². The van der Waals surface area contributed by atoms with E-state index in [0.717, 1.165) is 12.8 Å². The van der Waals surface area contributed by atoms with Crippen LogP contribution in [0.4, 0.5) is 0 Å².